The number of aromatic nitrogens is 2. The number of aryl methyl sites for hydroxylation is 1. The fourth-order valence-corrected chi connectivity index (χ4v) is 2.04. The average Bonchev–Trinajstić information content (AvgIpc) is 2.93. The summed E-state index contributed by atoms with van der Waals surface area (Å²) in [6, 6.07) is 0. The van der Waals surface area contributed by atoms with E-state index in [-0.39, 0.29) is 35.5 Å². The van der Waals surface area contributed by atoms with E-state index in [2.05, 4.69) is 45.9 Å². The molecule has 128 valence electrons. The molecule has 0 aromatic carbocycles. The maximum Gasteiger partial charge on any atom is 0.191 e. The van der Waals surface area contributed by atoms with E-state index in [1.807, 2.05) is 12.5 Å². The Morgan fingerprint density at radius 2 is 2.09 bits per heavy atom. The fourth-order valence-electron chi connectivity index (χ4n) is 2.04. The highest BCUT2D eigenvalue weighted by molar-refractivity contribution is 14.0. The zero-order valence-corrected chi connectivity index (χ0v) is 16.6. The summed E-state index contributed by atoms with van der Waals surface area (Å²) in [4.78, 5) is 8.26. The molecule has 7 heteroatoms. The minimum absolute atomic E-state index is 0. The molecule has 0 spiro atoms. The van der Waals surface area contributed by atoms with Crippen molar-refractivity contribution in [2.75, 3.05) is 27.2 Å². The molecule has 0 bridgehead atoms. The first-order valence-corrected chi connectivity index (χ1v) is 7.40. The van der Waals surface area contributed by atoms with Gasteiger partial charge in [0, 0.05) is 46.2 Å². The Labute approximate surface area is 151 Å². The summed E-state index contributed by atoms with van der Waals surface area (Å²) in [6.45, 7) is 9.07. The van der Waals surface area contributed by atoms with Gasteiger partial charge in [0.05, 0.1) is 12.4 Å². The van der Waals surface area contributed by atoms with Crippen molar-refractivity contribution < 1.29 is 4.74 Å². The van der Waals surface area contributed by atoms with Gasteiger partial charge in [-0.25, -0.2) is 4.98 Å². The number of guanidine groups is 1. The predicted octanol–water partition coefficient (Wildman–Crippen LogP) is 2.12. The summed E-state index contributed by atoms with van der Waals surface area (Å²) in [5, 5.41) is 6.63. The standard InChI is InChI=1S/C15H29N5O.HI/c1-15(2,3)13(21-5)11-19-14(16-4)18-7-6-9-20-10-8-17-12-20;/h8,10,12-13H,6-7,9,11H2,1-5H3,(H2,16,18,19);1H. The highest BCUT2D eigenvalue weighted by Gasteiger charge is 2.24. The van der Waals surface area contributed by atoms with Crippen LogP contribution in [-0.4, -0.2) is 48.9 Å². The van der Waals surface area contributed by atoms with E-state index in [0.717, 1.165) is 32.0 Å². The molecule has 1 rings (SSSR count). The van der Waals surface area contributed by atoms with Gasteiger partial charge in [0.25, 0.3) is 0 Å². The van der Waals surface area contributed by atoms with Crippen LogP contribution in [0.1, 0.15) is 27.2 Å². The first-order chi connectivity index (χ1) is 9.97. The normalized spacial score (nSPS) is 13.4. The van der Waals surface area contributed by atoms with Crippen LogP contribution in [0, 0.1) is 5.41 Å². The molecule has 0 aliphatic carbocycles. The highest BCUT2D eigenvalue weighted by Crippen LogP contribution is 2.20. The van der Waals surface area contributed by atoms with Crippen LogP contribution >= 0.6 is 24.0 Å². The van der Waals surface area contributed by atoms with Gasteiger partial charge in [-0.3, -0.25) is 4.99 Å². The number of halogens is 1. The van der Waals surface area contributed by atoms with Crippen LogP contribution in [0.4, 0.5) is 0 Å². The van der Waals surface area contributed by atoms with E-state index < -0.39 is 0 Å². The van der Waals surface area contributed by atoms with E-state index in [4.69, 9.17) is 4.74 Å². The Bertz CT molecular complexity index is 414. The number of methoxy groups -OCH3 is 1. The van der Waals surface area contributed by atoms with E-state index in [1.165, 1.54) is 0 Å². The Kier molecular flexibility index (Phi) is 10.4. The lowest BCUT2D eigenvalue weighted by Crippen LogP contribution is -2.45. The third-order valence-electron chi connectivity index (χ3n) is 3.37. The second kappa shape index (κ2) is 10.8. The zero-order valence-electron chi connectivity index (χ0n) is 14.3. The third-order valence-corrected chi connectivity index (χ3v) is 3.37. The molecule has 1 unspecified atom stereocenters. The van der Waals surface area contributed by atoms with Crippen molar-refractivity contribution in [1.29, 1.82) is 0 Å². The van der Waals surface area contributed by atoms with Crippen molar-refractivity contribution in [3.8, 4) is 0 Å². The van der Waals surface area contributed by atoms with Crippen molar-refractivity contribution in [2.45, 2.75) is 39.8 Å². The fraction of sp³-hybridized carbons (Fsp3) is 0.733. The molecule has 0 fully saturated rings. The van der Waals surface area contributed by atoms with Crippen molar-refractivity contribution in [2.24, 2.45) is 10.4 Å². The van der Waals surface area contributed by atoms with E-state index >= 15 is 0 Å². The van der Waals surface area contributed by atoms with Crippen LogP contribution < -0.4 is 10.6 Å². The molecule has 0 radical (unpaired) electrons. The maximum absolute atomic E-state index is 5.53. The van der Waals surface area contributed by atoms with Crippen LogP contribution in [0.2, 0.25) is 0 Å². The molecule has 0 saturated carbocycles. The van der Waals surface area contributed by atoms with Gasteiger partial charge in [0.15, 0.2) is 5.96 Å². The average molecular weight is 423 g/mol. The first kappa shape index (κ1) is 21.2. The summed E-state index contributed by atoms with van der Waals surface area (Å²) in [5.74, 6) is 0.812. The van der Waals surface area contributed by atoms with Crippen LogP contribution in [0.15, 0.2) is 23.7 Å². The van der Waals surface area contributed by atoms with Crippen LogP contribution in [0.3, 0.4) is 0 Å². The number of hydrogen-bond acceptors (Lipinski definition) is 3. The lowest BCUT2D eigenvalue weighted by atomic mass is 9.89. The molecule has 0 saturated heterocycles. The Morgan fingerprint density at radius 1 is 1.36 bits per heavy atom. The number of rotatable bonds is 7. The SMILES string of the molecule is CN=C(NCCCn1ccnc1)NCC(OC)C(C)(C)C.I. The van der Waals surface area contributed by atoms with E-state index in [9.17, 15) is 0 Å². The van der Waals surface area contributed by atoms with Crippen LogP contribution in [0.5, 0.6) is 0 Å². The Morgan fingerprint density at radius 3 is 2.59 bits per heavy atom. The van der Waals surface area contributed by atoms with Crippen molar-refractivity contribution >= 4 is 29.9 Å². The molecule has 6 nitrogen and oxygen atoms in total. The van der Waals surface area contributed by atoms with Gasteiger partial charge in [0.1, 0.15) is 0 Å². The van der Waals surface area contributed by atoms with Gasteiger partial charge >= 0.3 is 0 Å². The number of nitrogens with one attached hydrogen (secondary N) is 2. The molecule has 2 N–H and O–H groups in total. The lowest BCUT2D eigenvalue weighted by molar-refractivity contribution is 0.0205. The van der Waals surface area contributed by atoms with Crippen molar-refractivity contribution in [3.05, 3.63) is 18.7 Å². The second-order valence-corrected chi connectivity index (χ2v) is 6.12. The number of aliphatic imine (C=N–C) groups is 1. The second-order valence-electron chi connectivity index (χ2n) is 6.12. The largest absolute Gasteiger partial charge is 0.379 e. The molecule has 1 aromatic rings. The molecule has 0 aliphatic rings. The molecule has 1 aromatic heterocycles. The molecule has 0 aliphatic heterocycles. The minimum Gasteiger partial charge on any atom is -0.379 e. The van der Waals surface area contributed by atoms with E-state index in [1.54, 1.807) is 20.4 Å². The van der Waals surface area contributed by atoms with Gasteiger partial charge in [-0.05, 0) is 11.8 Å². The smallest absolute Gasteiger partial charge is 0.191 e. The summed E-state index contributed by atoms with van der Waals surface area (Å²) in [5.41, 5.74) is 0.0992. The van der Waals surface area contributed by atoms with Gasteiger partial charge < -0.3 is 19.9 Å². The van der Waals surface area contributed by atoms with Crippen LogP contribution in [-0.2, 0) is 11.3 Å². The Hall–Kier alpha value is -0.830. The summed E-state index contributed by atoms with van der Waals surface area (Å²) < 4.78 is 7.60. The maximum atomic E-state index is 5.53. The Balaban J connectivity index is 0.00000441. The summed E-state index contributed by atoms with van der Waals surface area (Å²) >= 11 is 0. The number of imidazole rings is 1. The topological polar surface area (TPSA) is 63.5 Å². The monoisotopic (exact) mass is 423 g/mol. The zero-order chi connectivity index (χ0) is 15.7. The molecule has 1 atom stereocenters. The summed E-state index contributed by atoms with van der Waals surface area (Å²) in [6.07, 6.45) is 6.76. The van der Waals surface area contributed by atoms with Crippen molar-refractivity contribution in [1.82, 2.24) is 20.2 Å². The predicted molar refractivity (Wildman–Crippen MR) is 102 cm³/mol. The molecule has 22 heavy (non-hydrogen) atoms. The number of nitrogens with zero attached hydrogens (tertiary/aromatic N) is 3. The van der Waals surface area contributed by atoms with Crippen molar-refractivity contribution in [3.63, 3.8) is 0 Å². The minimum atomic E-state index is 0. The molecular formula is C15H30IN5O. The number of hydrogen-bond donors (Lipinski definition) is 2. The lowest BCUT2D eigenvalue weighted by Gasteiger charge is -2.30. The van der Waals surface area contributed by atoms with Gasteiger partial charge in [-0.2, -0.15) is 0 Å². The molecule has 1 heterocycles. The number of ether oxygens (including phenoxy) is 1. The molecule has 0 amide bonds. The first-order valence-electron chi connectivity index (χ1n) is 7.40. The highest BCUT2D eigenvalue weighted by atomic mass is 127. The molecular weight excluding hydrogens is 393 g/mol. The van der Waals surface area contributed by atoms with Gasteiger partial charge in [-0.1, -0.05) is 20.8 Å². The summed E-state index contributed by atoms with van der Waals surface area (Å²) in [7, 11) is 3.53. The van der Waals surface area contributed by atoms with Gasteiger partial charge in [0.2, 0.25) is 0 Å². The quantitative estimate of drug-likeness (QED) is 0.305. The van der Waals surface area contributed by atoms with Gasteiger partial charge in [-0.15, -0.1) is 24.0 Å². The van der Waals surface area contributed by atoms with Crippen LogP contribution in [0.25, 0.3) is 0 Å². The van der Waals surface area contributed by atoms with E-state index in [0.29, 0.717) is 0 Å². The third kappa shape index (κ3) is 7.98.